The fourth-order valence-electron chi connectivity index (χ4n) is 5.13. The van der Waals surface area contributed by atoms with Crippen LogP contribution < -0.4 is 0 Å². The van der Waals surface area contributed by atoms with Crippen LogP contribution in [0, 0.1) is 12.0 Å². The molecule has 145 valence electrons. The summed E-state index contributed by atoms with van der Waals surface area (Å²) in [5.74, 6) is 0.402. The predicted octanol–water partition coefficient (Wildman–Crippen LogP) is 7.28. The molecule has 28 heavy (non-hydrogen) atoms. The minimum absolute atomic E-state index is 0.101. The molecule has 1 unspecified atom stereocenters. The summed E-state index contributed by atoms with van der Waals surface area (Å²) in [5.41, 5.74) is 10.2. The second-order valence-corrected chi connectivity index (χ2v) is 10.7. The molecule has 0 saturated carbocycles. The fourth-order valence-corrected chi connectivity index (χ4v) is 5.13. The molecule has 3 aliphatic carbocycles. The minimum atomic E-state index is -0.101. The minimum Gasteiger partial charge on any atom is -0.0582 e. The van der Waals surface area contributed by atoms with E-state index in [-0.39, 0.29) is 16.2 Å². The Morgan fingerprint density at radius 3 is 1.36 bits per heavy atom. The lowest BCUT2D eigenvalue weighted by Gasteiger charge is -2.46. The van der Waals surface area contributed by atoms with Gasteiger partial charge in [0.05, 0.1) is 5.41 Å². The molecule has 2 aromatic carbocycles. The highest BCUT2D eigenvalue weighted by molar-refractivity contribution is 5.75. The van der Waals surface area contributed by atoms with Gasteiger partial charge in [-0.2, -0.15) is 0 Å². The summed E-state index contributed by atoms with van der Waals surface area (Å²) >= 11 is 0. The maximum atomic E-state index is 3.76. The van der Waals surface area contributed by atoms with Crippen LogP contribution in [-0.2, 0) is 16.2 Å². The molecule has 0 spiro atoms. The van der Waals surface area contributed by atoms with Crippen LogP contribution >= 0.6 is 0 Å². The molecule has 5 rings (SSSR count). The van der Waals surface area contributed by atoms with Gasteiger partial charge >= 0.3 is 0 Å². The molecule has 0 aliphatic heterocycles. The quantitative estimate of drug-likeness (QED) is 0.522. The lowest BCUT2D eigenvalue weighted by molar-refractivity contribution is 0.584. The van der Waals surface area contributed by atoms with Gasteiger partial charge in [0.2, 0.25) is 0 Å². The largest absolute Gasteiger partial charge is 0.0678 e. The second-order valence-electron chi connectivity index (χ2n) is 10.7. The average Bonchev–Trinajstić information content (AvgIpc) is 3.10. The first-order chi connectivity index (χ1) is 13.0. The van der Waals surface area contributed by atoms with Gasteiger partial charge in [-0.1, -0.05) is 97.0 Å². The number of benzene rings is 2. The summed E-state index contributed by atoms with van der Waals surface area (Å²) in [6.45, 7) is 18.2. The Labute approximate surface area is 171 Å². The maximum absolute atomic E-state index is 3.76. The molecule has 0 nitrogen and oxygen atoms in total. The Kier molecular flexibility index (Phi) is 4.10. The van der Waals surface area contributed by atoms with Gasteiger partial charge in [-0.05, 0) is 62.8 Å². The van der Waals surface area contributed by atoms with Crippen molar-refractivity contribution < 1.29 is 0 Å². The molecule has 0 heteroatoms. The molecular weight excluding hydrogens is 336 g/mol. The third kappa shape index (κ3) is 2.57. The number of rotatable bonds is 2. The molecule has 0 aromatic heterocycles. The number of hydrogen-bond donors (Lipinski definition) is 0. The summed E-state index contributed by atoms with van der Waals surface area (Å²) in [4.78, 5) is 0. The van der Waals surface area contributed by atoms with E-state index >= 15 is 0 Å². The van der Waals surface area contributed by atoms with Crippen LogP contribution in [0.2, 0.25) is 0 Å². The highest BCUT2D eigenvalue weighted by atomic mass is 14.6. The van der Waals surface area contributed by atoms with Gasteiger partial charge in [0.25, 0.3) is 0 Å². The van der Waals surface area contributed by atoms with Crippen molar-refractivity contribution in [1.82, 2.24) is 0 Å². The molecule has 3 aliphatic rings. The predicted molar refractivity (Wildman–Crippen MR) is 120 cm³/mol. The average molecular weight is 370 g/mol. The zero-order valence-corrected chi connectivity index (χ0v) is 18.7. The van der Waals surface area contributed by atoms with Crippen LogP contribution in [-0.4, -0.2) is 0 Å². The van der Waals surface area contributed by atoms with Gasteiger partial charge in [-0.15, -0.1) is 0 Å². The summed E-state index contributed by atoms with van der Waals surface area (Å²) in [5, 5.41) is 0. The van der Waals surface area contributed by atoms with Crippen molar-refractivity contribution in [1.29, 1.82) is 0 Å². The van der Waals surface area contributed by atoms with E-state index in [0.29, 0.717) is 5.92 Å². The van der Waals surface area contributed by atoms with Gasteiger partial charge in [0.1, 0.15) is 0 Å². The Bertz CT molecular complexity index is 907. The SMILES string of the molecule is CC1=C2C(C)[C]=C1C2(c1ccc(C(C)(C)C)cc1)c1ccc(C(C)(C)C)cc1. The lowest BCUT2D eigenvalue weighted by atomic mass is 9.56. The maximum Gasteiger partial charge on any atom is 0.0678 e. The van der Waals surface area contributed by atoms with E-state index < -0.39 is 0 Å². The van der Waals surface area contributed by atoms with Gasteiger partial charge in [-0.3, -0.25) is 0 Å². The summed E-state index contributed by atoms with van der Waals surface area (Å²) in [6.07, 6.45) is 3.76. The van der Waals surface area contributed by atoms with Crippen molar-refractivity contribution >= 4 is 0 Å². The molecule has 1 atom stereocenters. The molecule has 0 heterocycles. The van der Waals surface area contributed by atoms with Crippen LogP contribution in [0.5, 0.6) is 0 Å². The Morgan fingerprint density at radius 2 is 1.11 bits per heavy atom. The standard InChI is InChI=1S/C28H33/c1-18-17-24-19(2)25(18)28(24,22-13-9-20(10-14-22)26(3,4)5)23-15-11-21(12-16-23)27(6,7)8/h9-16,18H,1-8H3. The summed E-state index contributed by atoms with van der Waals surface area (Å²) < 4.78 is 0. The van der Waals surface area contributed by atoms with Crippen molar-refractivity contribution in [2.75, 3.05) is 0 Å². The molecular formula is C28H33. The molecule has 2 bridgehead atoms. The highest BCUT2D eigenvalue weighted by Crippen LogP contribution is 2.64. The van der Waals surface area contributed by atoms with E-state index in [2.05, 4.69) is 110 Å². The zero-order chi connectivity index (χ0) is 20.5. The molecule has 0 fully saturated rings. The van der Waals surface area contributed by atoms with Crippen molar-refractivity contribution in [2.24, 2.45) is 5.92 Å². The van der Waals surface area contributed by atoms with Gasteiger partial charge < -0.3 is 0 Å². The topological polar surface area (TPSA) is 0 Å². The van der Waals surface area contributed by atoms with E-state index in [4.69, 9.17) is 0 Å². The summed E-state index contributed by atoms with van der Waals surface area (Å²) in [7, 11) is 0. The zero-order valence-electron chi connectivity index (χ0n) is 18.7. The van der Waals surface area contributed by atoms with Crippen molar-refractivity contribution in [3.05, 3.63) is 93.6 Å². The fraction of sp³-hybridized carbons (Fsp3) is 0.429. The third-order valence-corrected chi connectivity index (χ3v) is 6.72. The first kappa shape index (κ1) is 19.2. The highest BCUT2D eigenvalue weighted by Gasteiger charge is 2.56. The van der Waals surface area contributed by atoms with E-state index in [0.717, 1.165) is 0 Å². The molecule has 0 saturated heterocycles. The van der Waals surface area contributed by atoms with Crippen molar-refractivity contribution in [3.8, 4) is 0 Å². The van der Waals surface area contributed by atoms with Gasteiger partial charge in [0.15, 0.2) is 0 Å². The smallest absolute Gasteiger partial charge is 0.0582 e. The Hall–Kier alpha value is -2.08. The molecule has 1 radical (unpaired) electrons. The van der Waals surface area contributed by atoms with Crippen LogP contribution in [0.3, 0.4) is 0 Å². The first-order valence-electron chi connectivity index (χ1n) is 10.5. The number of allylic oxidation sites excluding steroid dienone is 4. The van der Waals surface area contributed by atoms with Gasteiger partial charge in [0, 0.05) is 5.92 Å². The number of fused-ring (bicyclic) bond motifs is 1. The van der Waals surface area contributed by atoms with Crippen LogP contribution in [0.1, 0.15) is 77.6 Å². The summed E-state index contributed by atoms with van der Waals surface area (Å²) in [6, 6.07) is 18.7. The first-order valence-corrected chi connectivity index (χ1v) is 10.5. The molecule has 0 N–H and O–H groups in total. The lowest BCUT2D eigenvalue weighted by Crippen LogP contribution is -2.39. The normalized spacial score (nSPS) is 20.9. The third-order valence-electron chi connectivity index (χ3n) is 6.72. The van der Waals surface area contributed by atoms with Crippen LogP contribution in [0.25, 0.3) is 0 Å². The van der Waals surface area contributed by atoms with E-state index in [9.17, 15) is 0 Å². The Balaban J connectivity index is 1.86. The van der Waals surface area contributed by atoms with E-state index in [1.54, 1.807) is 0 Å². The van der Waals surface area contributed by atoms with Crippen molar-refractivity contribution in [3.63, 3.8) is 0 Å². The molecule has 0 amide bonds. The Morgan fingerprint density at radius 1 is 0.714 bits per heavy atom. The second kappa shape index (κ2) is 5.96. The van der Waals surface area contributed by atoms with Crippen molar-refractivity contribution in [2.45, 2.75) is 71.6 Å². The number of hydrogen-bond acceptors (Lipinski definition) is 0. The van der Waals surface area contributed by atoms with Crippen LogP contribution in [0.4, 0.5) is 0 Å². The molecule has 2 aromatic rings. The van der Waals surface area contributed by atoms with Crippen LogP contribution in [0.15, 0.2) is 65.3 Å². The van der Waals surface area contributed by atoms with E-state index in [1.165, 1.54) is 39.0 Å². The van der Waals surface area contributed by atoms with Gasteiger partial charge in [-0.25, -0.2) is 0 Å². The van der Waals surface area contributed by atoms with E-state index in [1.807, 2.05) is 0 Å². The monoisotopic (exact) mass is 369 g/mol.